The van der Waals surface area contributed by atoms with Crippen LogP contribution >= 0.6 is 0 Å². The second kappa shape index (κ2) is 8.86. The van der Waals surface area contributed by atoms with Crippen LogP contribution in [-0.2, 0) is 9.47 Å². The summed E-state index contributed by atoms with van der Waals surface area (Å²) in [6.45, 7) is 8.37. The third-order valence-corrected chi connectivity index (χ3v) is 3.97. The van der Waals surface area contributed by atoms with E-state index >= 15 is 0 Å². The Morgan fingerprint density at radius 1 is 1.17 bits per heavy atom. The summed E-state index contributed by atoms with van der Waals surface area (Å²) in [5.41, 5.74) is 0.334. The first-order chi connectivity index (χ1) is 8.76. The summed E-state index contributed by atoms with van der Waals surface area (Å²) < 4.78 is 10.4. The summed E-state index contributed by atoms with van der Waals surface area (Å²) in [4.78, 5) is 2.52. The molecule has 1 fully saturated rings. The van der Waals surface area contributed by atoms with Crippen molar-refractivity contribution in [2.45, 2.75) is 38.1 Å². The molecule has 1 rings (SSSR count). The van der Waals surface area contributed by atoms with Crippen LogP contribution in [0.2, 0.25) is 0 Å². The van der Waals surface area contributed by atoms with Crippen molar-refractivity contribution in [1.82, 2.24) is 10.2 Å². The first-order valence-corrected chi connectivity index (χ1v) is 7.21. The maximum atomic E-state index is 5.22. The van der Waals surface area contributed by atoms with Crippen LogP contribution in [0.5, 0.6) is 0 Å². The van der Waals surface area contributed by atoms with Gasteiger partial charge in [-0.1, -0.05) is 6.92 Å². The molecule has 18 heavy (non-hydrogen) atoms. The highest BCUT2D eigenvalue weighted by Gasteiger charge is 2.32. The Morgan fingerprint density at radius 2 is 1.94 bits per heavy atom. The molecule has 1 saturated heterocycles. The molecule has 0 radical (unpaired) electrons. The predicted molar refractivity (Wildman–Crippen MR) is 75.1 cm³/mol. The van der Waals surface area contributed by atoms with E-state index < -0.39 is 0 Å². The van der Waals surface area contributed by atoms with Crippen LogP contribution in [0.1, 0.15) is 32.6 Å². The second-order valence-electron chi connectivity index (χ2n) is 5.28. The number of rotatable bonds is 10. The quantitative estimate of drug-likeness (QED) is 0.602. The van der Waals surface area contributed by atoms with Gasteiger partial charge in [-0.3, -0.25) is 4.90 Å². The molecule has 4 heteroatoms. The molecule has 1 aliphatic heterocycles. The molecular formula is C14H30N2O2. The van der Waals surface area contributed by atoms with E-state index in [-0.39, 0.29) is 0 Å². The van der Waals surface area contributed by atoms with E-state index in [1.807, 2.05) is 0 Å². The number of nitrogens with zero attached hydrogens (tertiary/aromatic N) is 1. The van der Waals surface area contributed by atoms with Gasteiger partial charge in [0.25, 0.3) is 0 Å². The topological polar surface area (TPSA) is 33.7 Å². The van der Waals surface area contributed by atoms with Gasteiger partial charge in [0.15, 0.2) is 0 Å². The number of ether oxygens (including phenoxy) is 2. The van der Waals surface area contributed by atoms with E-state index in [2.05, 4.69) is 17.1 Å². The highest BCUT2D eigenvalue weighted by molar-refractivity contribution is 4.94. The monoisotopic (exact) mass is 258 g/mol. The van der Waals surface area contributed by atoms with Crippen molar-refractivity contribution in [3.8, 4) is 0 Å². The van der Waals surface area contributed by atoms with Crippen LogP contribution in [0.15, 0.2) is 0 Å². The zero-order chi connectivity index (χ0) is 13.3. The normalized spacial score (nSPS) is 24.0. The van der Waals surface area contributed by atoms with Crippen LogP contribution in [0.25, 0.3) is 0 Å². The van der Waals surface area contributed by atoms with Crippen LogP contribution in [0, 0.1) is 0 Å². The van der Waals surface area contributed by atoms with E-state index in [0.29, 0.717) is 5.54 Å². The van der Waals surface area contributed by atoms with Gasteiger partial charge in [0, 0.05) is 46.0 Å². The molecule has 0 bridgehead atoms. The van der Waals surface area contributed by atoms with E-state index in [0.717, 1.165) is 39.3 Å². The Labute approximate surface area is 112 Å². The highest BCUT2D eigenvalue weighted by atomic mass is 16.5. The van der Waals surface area contributed by atoms with Gasteiger partial charge in [0.2, 0.25) is 0 Å². The molecule has 0 aromatic heterocycles. The van der Waals surface area contributed by atoms with Crippen LogP contribution < -0.4 is 5.32 Å². The fraction of sp³-hybridized carbons (Fsp3) is 1.00. The van der Waals surface area contributed by atoms with Gasteiger partial charge < -0.3 is 14.8 Å². The van der Waals surface area contributed by atoms with Crippen LogP contribution in [-0.4, -0.2) is 64.1 Å². The van der Waals surface area contributed by atoms with Gasteiger partial charge in [-0.05, 0) is 32.2 Å². The predicted octanol–water partition coefficient (Wildman–Crippen LogP) is 1.50. The lowest BCUT2D eigenvalue weighted by Gasteiger charge is -2.35. The minimum absolute atomic E-state index is 0.334. The van der Waals surface area contributed by atoms with Gasteiger partial charge in [0.05, 0.1) is 6.61 Å². The Hall–Kier alpha value is -0.160. The lowest BCUT2D eigenvalue weighted by molar-refractivity contribution is 0.111. The molecule has 1 N–H and O–H groups in total. The van der Waals surface area contributed by atoms with Crippen molar-refractivity contribution in [3.63, 3.8) is 0 Å². The Morgan fingerprint density at radius 3 is 2.50 bits per heavy atom. The van der Waals surface area contributed by atoms with E-state index in [1.165, 1.54) is 25.8 Å². The molecule has 1 aliphatic rings. The lowest BCUT2D eigenvalue weighted by Crippen LogP contribution is -2.50. The van der Waals surface area contributed by atoms with E-state index in [9.17, 15) is 0 Å². The molecule has 4 nitrogen and oxygen atoms in total. The van der Waals surface area contributed by atoms with Gasteiger partial charge in [0.1, 0.15) is 0 Å². The van der Waals surface area contributed by atoms with Crippen LogP contribution in [0.3, 0.4) is 0 Å². The summed E-state index contributed by atoms with van der Waals surface area (Å²) in [7, 11) is 3.54. The van der Waals surface area contributed by atoms with E-state index in [4.69, 9.17) is 9.47 Å². The molecule has 0 aliphatic carbocycles. The summed E-state index contributed by atoms with van der Waals surface area (Å²) >= 11 is 0. The third-order valence-electron chi connectivity index (χ3n) is 3.97. The molecule has 108 valence electrons. The molecular weight excluding hydrogens is 228 g/mol. The lowest BCUT2D eigenvalue weighted by atomic mass is 9.93. The summed E-state index contributed by atoms with van der Waals surface area (Å²) in [5.74, 6) is 0. The number of hydrogen-bond donors (Lipinski definition) is 1. The summed E-state index contributed by atoms with van der Waals surface area (Å²) in [6, 6.07) is 0. The van der Waals surface area contributed by atoms with Crippen LogP contribution in [0.4, 0.5) is 0 Å². The second-order valence-corrected chi connectivity index (χ2v) is 5.28. The first kappa shape index (κ1) is 15.9. The third kappa shape index (κ3) is 5.22. The van der Waals surface area contributed by atoms with E-state index in [1.54, 1.807) is 14.2 Å². The Bertz CT molecular complexity index is 206. The first-order valence-electron chi connectivity index (χ1n) is 7.21. The summed E-state index contributed by atoms with van der Waals surface area (Å²) in [6.07, 6.45) is 4.92. The highest BCUT2D eigenvalue weighted by Crippen LogP contribution is 2.24. The minimum Gasteiger partial charge on any atom is -0.385 e. The molecule has 0 aromatic carbocycles. The molecule has 1 heterocycles. The zero-order valence-electron chi connectivity index (χ0n) is 12.3. The Kier molecular flexibility index (Phi) is 7.82. The molecule has 0 spiro atoms. The maximum Gasteiger partial charge on any atom is 0.0589 e. The van der Waals surface area contributed by atoms with Crippen molar-refractivity contribution >= 4 is 0 Å². The van der Waals surface area contributed by atoms with Crippen molar-refractivity contribution in [2.24, 2.45) is 0 Å². The minimum atomic E-state index is 0.334. The van der Waals surface area contributed by atoms with Crippen molar-refractivity contribution in [3.05, 3.63) is 0 Å². The molecule has 1 atom stereocenters. The fourth-order valence-corrected chi connectivity index (χ4v) is 2.77. The Balaban J connectivity index is 2.42. The SMILES string of the molecule is CCC1(CN(CCCOC)CCOC)CCCN1. The number of methoxy groups -OCH3 is 2. The van der Waals surface area contributed by atoms with Crippen molar-refractivity contribution in [1.29, 1.82) is 0 Å². The summed E-state index contributed by atoms with van der Waals surface area (Å²) in [5, 5.41) is 3.70. The van der Waals surface area contributed by atoms with Gasteiger partial charge in [-0.25, -0.2) is 0 Å². The zero-order valence-corrected chi connectivity index (χ0v) is 12.3. The standard InChI is InChI=1S/C14H30N2O2/c1-4-14(7-5-8-15-14)13-16(10-12-18-3)9-6-11-17-2/h15H,4-13H2,1-3H3. The maximum absolute atomic E-state index is 5.22. The van der Waals surface area contributed by atoms with Gasteiger partial charge >= 0.3 is 0 Å². The number of hydrogen-bond acceptors (Lipinski definition) is 4. The fourth-order valence-electron chi connectivity index (χ4n) is 2.77. The largest absolute Gasteiger partial charge is 0.385 e. The van der Waals surface area contributed by atoms with Gasteiger partial charge in [-0.15, -0.1) is 0 Å². The average molecular weight is 258 g/mol. The smallest absolute Gasteiger partial charge is 0.0589 e. The average Bonchev–Trinajstić information content (AvgIpc) is 2.85. The molecule has 0 amide bonds. The number of nitrogens with one attached hydrogen (secondary N) is 1. The molecule has 1 unspecified atom stereocenters. The van der Waals surface area contributed by atoms with Crippen molar-refractivity contribution in [2.75, 3.05) is 53.6 Å². The van der Waals surface area contributed by atoms with Gasteiger partial charge in [-0.2, -0.15) is 0 Å². The van der Waals surface area contributed by atoms with Crippen molar-refractivity contribution < 1.29 is 9.47 Å². The molecule has 0 saturated carbocycles. The molecule has 0 aromatic rings.